The first kappa shape index (κ1) is 7.98. The van der Waals surface area contributed by atoms with Crippen LogP contribution in [0.1, 0.15) is 16.1 Å². The zero-order chi connectivity index (χ0) is 9.42. The van der Waals surface area contributed by atoms with E-state index < -0.39 is 0 Å². The number of benzene rings is 1. The van der Waals surface area contributed by atoms with Crippen LogP contribution in [0.5, 0.6) is 0 Å². The highest BCUT2D eigenvalue weighted by atomic mass is 19.1. The Morgan fingerprint density at radius 2 is 2.23 bits per heavy atom. The quantitative estimate of drug-likeness (QED) is 0.666. The van der Waals surface area contributed by atoms with Gasteiger partial charge in [-0.25, -0.2) is 4.39 Å². The van der Waals surface area contributed by atoms with Gasteiger partial charge in [-0.3, -0.25) is 4.79 Å². The van der Waals surface area contributed by atoms with Crippen LogP contribution < -0.4 is 0 Å². The average molecular weight is 177 g/mol. The molecule has 1 N–H and O–H groups in total. The summed E-state index contributed by atoms with van der Waals surface area (Å²) in [5.41, 5.74) is 2.04. The monoisotopic (exact) mass is 177 g/mol. The normalized spacial score (nSPS) is 10.6. The maximum Gasteiger partial charge on any atom is 0.166 e. The molecule has 13 heavy (non-hydrogen) atoms. The first-order chi connectivity index (χ1) is 6.22. The molecule has 0 radical (unpaired) electrons. The van der Waals surface area contributed by atoms with Crippen molar-refractivity contribution in [2.45, 2.75) is 6.92 Å². The number of H-pyrrole nitrogens is 1. The fourth-order valence-corrected chi connectivity index (χ4v) is 1.41. The van der Waals surface area contributed by atoms with Crippen LogP contribution >= 0.6 is 0 Å². The molecule has 1 aromatic heterocycles. The molecule has 0 aliphatic rings. The van der Waals surface area contributed by atoms with Crippen LogP contribution in [-0.2, 0) is 0 Å². The lowest BCUT2D eigenvalue weighted by atomic mass is 10.1. The van der Waals surface area contributed by atoms with Gasteiger partial charge < -0.3 is 4.98 Å². The molecule has 3 heteroatoms. The number of aldehydes is 1. The van der Waals surface area contributed by atoms with Crippen LogP contribution in [-0.4, -0.2) is 11.3 Å². The minimum atomic E-state index is -0.301. The number of carbonyl (C=O) groups is 1. The molecule has 0 saturated heterocycles. The van der Waals surface area contributed by atoms with Crippen molar-refractivity contribution in [1.82, 2.24) is 4.98 Å². The van der Waals surface area contributed by atoms with Crippen molar-refractivity contribution in [3.8, 4) is 0 Å². The molecule has 2 aromatic rings. The predicted molar refractivity (Wildman–Crippen MR) is 48.4 cm³/mol. The maximum atomic E-state index is 13.2. The third-order valence-corrected chi connectivity index (χ3v) is 2.10. The number of nitrogens with one attached hydrogen (secondary N) is 1. The molecular formula is C10H8FNO. The van der Waals surface area contributed by atoms with Crippen LogP contribution in [0, 0.1) is 12.7 Å². The van der Waals surface area contributed by atoms with Crippen LogP contribution in [0.15, 0.2) is 18.2 Å². The van der Waals surface area contributed by atoms with Gasteiger partial charge in [0.15, 0.2) is 6.29 Å². The molecule has 0 atom stereocenters. The van der Waals surface area contributed by atoms with E-state index >= 15 is 0 Å². The smallest absolute Gasteiger partial charge is 0.166 e. The molecular weight excluding hydrogens is 169 g/mol. The third-order valence-electron chi connectivity index (χ3n) is 2.10. The van der Waals surface area contributed by atoms with E-state index in [1.54, 1.807) is 6.07 Å². The van der Waals surface area contributed by atoms with Crippen LogP contribution in [0.2, 0.25) is 0 Å². The standard InChI is InChI=1S/C10H8FNO/c1-6-2-3-9(11)8-4-7(5-13)12-10(6)8/h2-5,12H,1H3. The summed E-state index contributed by atoms with van der Waals surface area (Å²) in [7, 11) is 0. The Labute approximate surface area is 74.4 Å². The molecule has 0 amide bonds. The average Bonchev–Trinajstić information content (AvgIpc) is 2.56. The van der Waals surface area contributed by atoms with Crippen molar-refractivity contribution in [3.05, 3.63) is 35.3 Å². The van der Waals surface area contributed by atoms with E-state index in [4.69, 9.17) is 0 Å². The summed E-state index contributed by atoms with van der Waals surface area (Å²) in [5, 5.41) is 0.474. The minimum Gasteiger partial charge on any atom is -0.352 e. The molecule has 0 aliphatic carbocycles. The fourth-order valence-electron chi connectivity index (χ4n) is 1.41. The van der Waals surface area contributed by atoms with Crippen molar-refractivity contribution in [2.75, 3.05) is 0 Å². The highest BCUT2D eigenvalue weighted by Gasteiger charge is 2.06. The summed E-state index contributed by atoms with van der Waals surface area (Å²) >= 11 is 0. The molecule has 0 spiro atoms. The number of hydrogen-bond acceptors (Lipinski definition) is 1. The molecule has 1 heterocycles. The number of fused-ring (bicyclic) bond motifs is 1. The van der Waals surface area contributed by atoms with Gasteiger partial charge in [0.2, 0.25) is 0 Å². The molecule has 0 saturated carbocycles. The lowest BCUT2D eigenvalue weighted by Gasteiger charge is -1.95. The van der Waals surface area contributed by atoms with Gasteiger partial charge in [-0.15, -0.1) is 0 Å². The third kappa shape index (κ3) is 1.13. The molecule has 0 unspecified atom stereocenters. The predicted octanol–water partition coefficient (Wildman–Crippen LogP) is 2.43. The van der Waals surface area contributed by atoms with E-state index in [-0.39, 0.29) is 5.82 Å². The Hall–Kier alpha value is -1.64. The molecule has 2 nitrogen and oxygen atoms in total. The van der Waals surface area contributed by atoms with Crippen molar-refractivity contribution >= 4 is 17.2 Å². The maximum absolute atomic E-state index is 13.2. The van der Waals surface area contributed by atoms with E-state index in [9.17, 15) is 9.18 Å². The lowest BCUT2D eigenvalue weighted by Crippen LogP contribution is -1.80. The van der Waals surface area contributed by atoms with Crippen LogP contribution in [0.25, 0.3) is 10.9 Å². The number of aromatic nitrogens is 1. The number of aryl methyl sites for hydroxylation is 1. The van der Waals surface area contributed by atoms with Crippen LogP contribution in [0.4, 0.5) is 4.39 Å². The zero-order valence-electron chi connectivity index (χ0n) is 7.10. The van der Waals surface area contributed by atoms with Gasteiger partial charge in [0.1, 0.15) is 5.82 Å². The summed E-state index contributed by atoms with van der Waals surface area (Å²) in [6.45, 7) is 1.87. The summed E-state index contributed by atoms with van der Waals surface area (Å²) < 4.78 is 13.2. The van der Waals surface area contributed by atoms with Crippen LogP contribution in [0.3, 0.4) is 0 Å². The Morgan fingerprint density at radius 3 is 2.85 bits per heavy atom. The molecule has 0 fully saturated rings. The summed E-state index contributed by atoms with van der Waals surface area (Å²) in [5.74, 6) is -0.301. The summed E-state index contributed by atoms with van der Waals surface area (Å²) in [6.07, 6.45) is 0.679. The Kier molecular flexibility index (Phi) is 1.65. The van der Waals surface area contributed by atoms with E-state index in [2.05, 4.69) is 4.98 Å². The molecule has 66 valence electrons. The zero-order valence-corrected chi connectivity index (χ0v) is 7.10. The summed E-state index contributed by atoms with van der Waals surface area (Å²) in [6, 6.07) is 4.60. The SMILES string of the molecule is Cc1ccc(F)c2cc(C=O)[nH]c12. The van der Waals surface area contributed by atoms with Crippen molar-refractivity contribution in [2.24, 2.45) is 0 Å². The second-order valence-corrected chi connectivity index (χ2v) is 3.00. The van der Waals surface area contributed by atoms with Crippen molar-refractivity contribution in [3.63, 3.8) is 0 Å². The van der Waals surface area contributed by atoms with Gasteiger partial charge in [-0.05, 0) is 24.6 Å². The second kappa shape index (κ2) is 2.69. The van der Waals surface area contributed by atoms with E-state index in [1.807, 2.05) is 6.92 Å². The largest absolute Gasteiger partial charge is 0.352 e. The number of rotatable bonds is 1. The number of hydrogen-bond donors (Lipinski definition) is 1. The van der Waals surface area contributed by atoms with E-state index in [0.717, 1.165) is 5.56 Å². The lowest BCUT2D eigenvalue weighted by molar-refractivity contribution is 0.112. The van der Waals surface area contributed by atoms with Gasteiger partial charge in [-0.2, -0.15) is 0 Å². The molecule has 1 aromatic carbocycles. The minimum absolute atomic E-state index is 0.301. The second-order valence-electron chi connectivity index (χ2n) is 3.00. The van der Waals surface area contributed by atoms with Crippen molar-refractivity contribution in [1.29, 1.82) is 0 Å². The van der Waals surface area contributed by atoms with Gasteiger partial charge in [-0.1, -0.05) is 6.07 Å². The molecule has 0 bridgehead atoms. The highest BCUT2D eigenvalue weighted by Crippen LogP contribution is 2.21. The number of carbonyl (C=O) groups excluding carboxylic acids is 1. The Bertz CT molecular complexity index is 434. The summed E-state index contributed by atoms with van der Waals surface area (Å²) in [4.78, 5) is 13.3. The van der Waals surface area contributed by atoms with Gasteiger partial charge in [0, 0.05) is 5.39 Å². The van der Waals surface area contributed by atoms with Gasteiger partial charge >= 0.3 is 0 Å². The van der Waals surface area contributed by atoms with Crippen molar-refractivity contribution < 1.29 is 9.18 Å². The molecule has 2 rings (SSSR count). The topological polar surface area (TPSA) is 32.9 Å². The number of aromatic amines is 1. The Balaban J connectivity index is 2.87. The first-order valence-electron chi connectivity index (χ1n) is 3.95. The van der Waals surface area contributed by atoms with Gasteiger partial charge in [0.05, 0.1) is 11.2 Å². The van der Waals surface area contributed by atoms with E-state index in [1.165, 1.54) is 12.1 Å². The Morgan fingerprint density at radius 1 is 1.46 bits per heavy atom. The fraction of sp³-hybridized carbons (Fsp3) is 0.100. The highest BCUT2D eigenvalue weighted by molar-refractivity contribution is 5.90. The number of halogens is 1. The van der Waals surface area contributed by atoms with E-state index in [0.29, 0.717) is 22.9 Å². The molecule has 0 aliphatic heterocycles. The van der Waals surface area contributed by atoms with Gasteiger partial charge in [0.25, 0.3) is 0 Å². The first-order valence-corrected chi connectivity index (χ1v) is 3.95.